The number of hydrogen-bond donors (Lipinski definition) is 2. The number of para-hydroxylation sites is 1. The molecule has 0 spiro atoms. The minimum Gasteiger partial charge on any atom is -0.383 e. The zero-order valence-electron chi connectivity index (χ0n) is 15.6. The van der Waals surface area contributed by atoms with E-state index in [-0.39, 0.29) is 19.0 Å². The highest BCUT2D eigenvalue weighted by Crippen LogP contribution is 2.29. The molecule has 1 heterocycles. The summed E-state index contributed by atoms with van der Waals surface area (Å²) in [6, 6.07) is 9.48. The molecule has 0 unspecified atom stereocenters. The summed E-state index contributed by atoms with van der Waals surface area (Å²) in [4.78, 5) is 12.9. The van der Waals surface area contributed by atoms with Gasteiger partial charge in [0.05, 0.1) is 6.61 Å². The van der Waals surface area contributed by atoms with Crippen molar-refractivity contribution >= 4 is 21.8 Å². The lowest BCUT2D eigenvalue weighted by molar-refractivity contribution is -0.126. The quantitative estimate of drug-likeness (QED) is 0.637. The minimum absolute atomic E-state index is 0.139. The van der Waals surface area contributed by atoms with E-state index in [2.05, 4.69) is 10.6 Å². The number of nitrogens with one attached hydrogen (secondary N) is 2. The first-order valence-electron chi connectivity index (χ1n) is 8.60. The summed E-state index contributed by atoms with van der Waals surface area (Å²) in [7, 11) is 1.12. The highest BCUT2D eigenvalue weighted by atomic mass is 32.2. The first-order chi connectivity index (χ1) is 12.3. The number of methoxy groups -OCH3 is 1. The number of anilines is 1. The Morgan fingerprint density at radius 2 is 1.85 bits per heavy atom. The van der Waals surface area contributed by atoms with Gasteiger partial charge in [-0.3, -0.25) is 4.79 Å². The highest BCUT2D eigenvalue weighted by molar-refractivity contribution is 7.86. The van der Waals surface area contributed by atoms with Crippen molar-refractivity contribution < 1.29 is 17.9 Å². The van der Waals surface area contributed by atoms with Crippen LogP contribution >= 0.6 is 0 Å². The van der Waals surface area contributed by atoms with Gasteiger partial charge in [-0.2, -0.15) is 17.0 Å². The number of ether oxygens (including phenoxy) is 1. The first-order valence-corrected chi connectivity index (χ1v) is 9.99. The number of nitrogens with zero attached hydrogens (tertiary/aromatic N) is 2. The predicted molar refractivity (Wildman–Crippen MR) is 101 cm³/mol. The number of benzene rings is 1. The third-order valence-electron chi connectivity index (χ3n) is 4.55. The summed E-state index contributed by atoms with van der Waals surface area (Å²) >= 11 is 0. The van der Waals surface area contributed by atoms with Crippen LogP contribution in [0.3, 0.4) is 0 Å². The van der Waals surface area contributed by atoms with Gasteiger partial charge in [-0.15, -0.1) is 0 Å². The van der Waals surface area contributed by atoms with Gasteiger partial charge in [0.25, 0.3) is 10.2 Å². The predicted octanol–water partition coefficient (Wildman–Crippen LogP) is 0.502. The van der Waals surface area contributed by atoms with Crippen molar-refractivity contribution in [3.8, 4) is 0 Å². The van der Waals surface area contributed by atoms with Crippen LogP contribution in [0.1, 0.15) is 12.8 Å². The van der Waals surface area contributed by atoms with Gasteiger partial charge in [0.1, 0.15) is 5.54 Å². The van der Waals surface area contributed by atoms with Crippen molar-refractivity contribution in [1.82, 2.24) is 13.9 Å². The van der Waals surface area contributed by atoms with Gasteiger partial charge < -0.3 is 15.4 Å². The topological polar surface area (TPSA) is 91.0 Å². The molecule has 0 saturated carbocycles. The maximum absolute atomic E-state index is 12.9. The third-order valence-corrected chi connectivity index (χ3v) is 6.49. The van der Waals surface area contributed by atoms with Crippen molar-refractivity contribution in [3.05, 3.63) is 30.3 Å². The lowest BCUT2D eigenvalue weighted by atomic mass is 9.86. The summed E-state index contributed by atoms with van der Waals surface area (Å²) in [5.41, 5.74) is -0.0220. The number of carbonyl (C=O) groups excluding carboxylic acids is 1. The molecule has 0 bridgehead atoms. The molecular formula is C17H28N4O4S. The number of rotatable bonds is 8. The van der Waals surface area contributed by atoms with E-state index in [1.54, 1.807) is 7.11 Å². The van der Waals surface area contributed by atoms with Gasteiger partial charge in [0, 0.05) is 46.5 Å². The van der Waals surface area contributed by atoms with Crippen LogP contribution < -0.4 is 10.6 Å². The van der Waals surface area contributed by atoms with Crippen molar-refractivity contribution in [3.63, 3.8) is 0 Å². The van der Waals surface area contributed by atoms with Crippen LogP contribution in [-0.2, 0) is 19.7 Å². The van der Waals surface area contributed by atoms with E-state index in [4.69, 9.17) is 4.74 Å². The normalized spacial score (nSPS) is 17.8. The standard InChI is InChI=1S/C17H28N4O4S/c1-20(2)26(23,24)21-12-9-17(10-13-21,16(22)18-11-14-25-3)19-15-7-5-4-6-8-15/h4-8,19H,9-14H2,1-3H3,(H,18,22). The summed E-state index contributed by atoms with van der Waals surface area (Å²) in [5, 5.41) is 6.22. The molecule has 2 rings (SSSR count). The highest BCUT2D eigenvalue weighted by Gasteiger charge is 2.44. The molecule has 146 valence electrons. The Labute approximate surface area is 155 Å². The molecule has 8 nitrogen and oxygen atoms in total. The van der Waals surface area contributed by atoms with Crippen molar-refractivity contribution in [1.29, 1.82) is 0 Å². The van der Waals surface area contributed by atoms with Crippen molar-refractivity contribution in [2.75, 3.05) is 52.8 Å². The third kappa shape index (κ3) is 4.73. The van der Waals surface area contributed by atoms with Gasteiger partial charge in [-0.25, -0.2) is 0 Å². The molecule has 2 N–H and O–H groups in total. The Bertz CT molecular complexity index is 686. The molecule has 0 aromatic heterocycles. The lowest BCUT2D eigenvalue weighted by Gasteiger charge is -2.41. The summed E-state index contributed by atoms with van der Waals surface area (Å²) in [6.07, 6.45) is 0.765. The molecule has 26 heavy (non-hydrogen) atoms. The van der Waals surface area contributed by atoms with E-state index in [0.717, 1.165) is 5.69 Å². The number of hydrogen-bond acceptors (Lipinski definition) is 5. The van der Waals surface area contributed by atoms with Gasteiger partial charge in [0.15, 0.2) is 0 Å². The van der Waals surface area contributed by atoms with Crippen LogP contribution in [0.2, 0.25) is 0 Å². The number of piperidine rings is 1. The fourth-order valence-corrected chi connectivity index (χ4v) is 4.08. The number of amides is 1. The van der Waals surface area contributed by atoms with Crippen molar-refractivity contribution in [2.24, 2.45) is 0 Å². The van der Waals surface area contributed by atoms with Crippen molar-refractivity contribution in [2.45, 2.75) is 18.4 Å². The largest absolute Gasteiger partial charge is 0.383 e. The molecule has 0 radical (unpaired) electrons. The van der Waals surface area contributed by atoms with E-state index < -0.39 is 15.7 Å². The molecule has 0 aliphatic carbocycles. The monoisotopic (exact) mass is 384 g/mol. The SMILES string of the molecule is COCCNC(=O)C1(Nc2ccccc2)CCN(S(=O)(=O)N(C)C)CC1. The molecule has 1 aromatic carbocycles. The van der Waals surface area contributed by atoms with E-state index in [0.29, 0.717) is 26.0 Å². The second kappa shape index (κ2) is 8.81. The Morgan fingerprint density at radius 3 is 2.38 bits per heavy atom. The second-order valence-corrected chi connectivity index (χ2v) is 8.65. The number of carbonyl (C=O) groups is 1. The maximum atomic E-state index is 12.9. The molecule has 1 fully saturated rings. The summed E-state index contributed by atoms with van der Waals surface area (Å²) in [6.45, 7) is 1.39. The molecule has 1 saturated heterocycles. The Hall–Kier alpha value is -1.68. The zero-order chi connectivity index (χ0) is 19.2. The van der Waals surface area contributed by atoms with Gasteiger partial charge in [0.2, 0.25) is 5.91 Å². The maximum Gasteiger partial charge on any atom is 0.281 e. The molecule has 1 aromatic rings. The molecular weight excluding hydrogens is 356 g/mol. The van der Waals surface area contributed by atoms with Crippen LogP contribution in [-0.4, -0.2) is 75.9 Å². The van der Waals surface area contributed by atoms with E-state index in [9.17, 15) is 13.2 Å². The molecule has 0 atom stereocenters. The fourth-order valence-electron chi connectivity index (χ4n) is 2.97. The van der Waals surface area contributed by atoms with Crippen LogP contribution in [0.5, 0.6) is 0 Å². The summed E-state index contributed by atoms with van der Waals surface area (Å²) < 4.78 is 32.3. The smallest absolute Gasteiger partial charge is 0.281 e. The Balaban J connectivity index is 2.16. The van der Waals surface area contributed by atoms with Gasteiger partial charge >= 0.3 is 0 Å². The fraction of sp³-hybridized carbons (Fsp3) is 0.588. The van der Waals surface area contributed by atoms with Gasteiger partial charge in [-0.1, -0.05) is 18.2 Å². The Kier molecular flexibility index (Phi) is 6.99. The minimum atomic E-state index is -3.48. The average Bonchev–Trinajstić information content (AvgIpc) is 2.63. The van der Waals surface area contributed by atoms with Crippen LogP contribution in [0.15, 0.2) is 30.3 Å². The second-order valence-electron chi connectivity index (χ2n) is 6.51. The van der Waals surface area contributed by atoms with Crippen LogP contribution in [0.25, 0.3) is 0 Å². The molecule has 1 aliphatic rings. The molecule has 1 amide bonds. The van der Waals surface area contributed by atoms with E-state index >= 15 is 0 Å². The molecule has 9 heteroatoms. The lowest BCUT2D eigenvalue weighted by Crippen LogP contribution is -2.60. The Morgan fingerprint density at radius 1 is 1.23 bits per heavy atom. The van der Waals surface area contributed by atoms with E-state index in [1.807, 2.05) is 30.3 Å². The van der Waals surface area contributed by atoms with Crippen LogP contribution in [0, 0.1) is 0 Å². The molecule has 1 aliphatic heterocycles. The average molecular weight is 385 g/mol. The first kappa shape index (κ1) is 20.6. The van der Waals surface area contributed by atoms with Crippen LogP contribution in [0.4, 0.5) is 5.69 Å². The zero-order valence-corrected chi connectivity index (χ0v) is 16.4. The van der Waals surface area contributed by atoms with Gasteiger partial charge in [-0.05, 0) is 25.0 Å². The summed E-state index contributed by atoms with van der Waals surface area (Å²) in [5.74, 6) is -0.139. The van der Waals surface area contributed by atoms with E-state index in [1.165, 1.54) is 22.7 Å².